The van der Waals surface area contributed by atoms with E-state index >= 15 is 0 Å². The summed E-state index contributed by atoms with van der Waals surface area (Å²) in [6.07, 6.45) is 18.8. The SMILES string of the molecule is C[Si](C)(CC[C@@H]1C[C@H]2C=C[C@H]1C2)c1ccc([Si](C)(C)CC[C@@H]2C[C@H]3C=C[C@H]2C3)cc1. The topological polar surface area (TPSA) is 0 Å². The van der Waals surface area contributed by atoms with Gasteiger partial charge in [0.05, 0.1) is 16.1 Å². The van der Waals surface area contributed by atoms with E-state index in [2.05, 4.69) is 74.8 Å². The molecule has 0 spiro atoms. The van der Waals surface area contributed by atoms with Gasteiger partial charge in [-0.3, -0.25) is 0 Å². The average molecular weight is 435 g/mol. The van der Waals surface area contributed by atoms with Crippen molar-refractivity contribution in [3.8, 4) is 0 Å². The Morgan fingerprint density at radius 1 is 0.600 bits per heavy atom. The summed E-state index contributed by atoms with van der Waals surface area (Å²) in [4.78, 5) is 0. The van der Waals surface area contributed by atoms with Gasteiger partial charge in [0.15, 0.2) is 0 Å². The van der Waals surface area contributed by atoms with Crippen LogP contribution in [-0.2, 0) is 0 Å². The molecule has 0 aromatic heterocycles. The summed E-state index contributed by atoms with van der Waals surface area (Å²) < 4.78 is 0. The van der Waals surface area contributed by atoms with Crippen LogP contribution in [0.2, 0.25) is 38.3 Å². The molecule has 4 aliphatic rings. The number of hydrogen-bond acceptors (Lipinski definition) is 0. The van der Waals surface area contributed by atoms with Crippen LogP contribution in [0.4, 0.5) is 0 Å². The van der Waals surface area contributed by atoms with E-state index in [0.717, 1.165) is 35.5 Å². The third-order valence-electron chi connectivity index (χ3n) is 9.56. The van der Waals surface area contributed by atoms with Crippen molar-refractivity contribution in [1.82, 2.24) is 0 Å². The maximum atomic E-state index is 2.61. The Morgan fingerprint density at radius 2 is 1.00 bits per heavy atom. The third-order valence-corrected chi connectivity index (χ3v) is 16.4. The van der Waals surface area contributed by atoms with Crippen LogP contribution in [0.1, 0.15) is 38.5 Å². The van der Waals surface area contributed by atoms with Gasteiger partial charge < -0.3 is 0 Å². The molecule has 0 radical (unpaired) electrons. The van der Waals surface area contributed by atoms with E-state index in [9.17, 15) is 0 Å². The first-order valence-electron chi connectivity index (χ1n) is 12.8. The Bertz CT molecular complexity index is 747. The lowest BCUT2D eigenvalue weighted by atomic mass is 9.91. The van der Waals surface area contributed by atoms with Crippen molar-refractivity contribution >= 4 is 26.5 Å². The highest BCUT2D eigenvalue weighted by Crippen LogP contribution is 2.47. The van der Waals surface area contributed by atoms with Crippen molar-refractivity contribution in [2.75, 3.05) is 0 Å². The minimum absolute atomic E-state index is 0.916. The second kappa shape index (κ2) is 7.92. The summed E-state index contributed by atoms with van der Waals surface area (Å²) >= 11 is 0. The van der Waals surface area contributed by atoms with Gasteiger partial charge in [-0.1, -0.05) is 110 Å². The van der Waals surface area contributed by atoms with E-state index in [1.807, 2.05) is 0 Å². The first kappa shape index (κ1) is 21.0. The molecule has 0 aliphatic heterocycles. The van der Waals surface area contributed by atoms with E-state index in [-0.39, 0.29) is 0 Å². The van der Waals surface area contributed by atoms with Crippen molar-refractivity contribution in [1.29, 1.82) is 0 Å². The van der Waals surface area contributed by atoms with Crippen LogP contribution in [0.5, 0.6) is 0 Å². The molecule has 2 heteroatoms. The number of hydrogen-bond donors (Lipinski definition) is 0. The Labute approximate surface area is 187 Å². The molecule has 6 atom stereocenters. The predicted molar refractivity (Wildman–Crippen MR) is 137 cm³/mol. The van der Waals surface area contributed by atoms with Crippen LogP contribution < -0.4 is 10.4 Å². The fraction of sp³-hybridized carbons (Fsp3) is 0.643. The standard InChI is InChI=1S/C28H42Si2/c1-29(2,15-13-25-19-21-5-7-23(25)17-21)27-9-11-28(12-10-27)30(3,4)16-14-26-20-22-6-8-24(26)18-22/h5-12,21-26H,13-20H2,1-4H3/t21-,22-,23-,24-,25+,26+/m0/s1. The molecule has 4 bridgehead atoms. The number of allylic oxidation sites excluding steroid dienone is 4. The molecule has 0 unspecified atom stereocenters. The second-order valence-corrected chi connectivity index (χ2v) is 22.2. The van der Waals surface area contributed by atoms with Crippen LogP contribution in [0.15, 0.2) is 48.6 Å². The number of benzene rings is 1. The zero-order valence-electron chi connectivity index (χ0n) is 19.7. The van der Waals surface area contributed by atoms with Gasteiger partial charge in [-0.2, -0.15) is 0 Å². The van der Waals surface area contributed by atoms with Gasteiger partial charge in [-0.25, -0.2) is 0 Å². The highest BCUT2D eigenvalue weighted by molar-refractivity contribution is 6.91. The van der Waals surface area contributed by atoms with Gasteiger partial charge in [0.2, 0.25) is 0 Å². The van der Waals surface area contributed by atoms with E-state index in [0.29, 0.717) is 0 Å². The molecule has 0 heterocycles. The van der Waals surface area contributed by atoms with Crippen molar-refractivity contribution in [3.05, 3.63) is 48.6 Å². The summed E-state index contributed by atoms with van der Waals surface area (Å²) in [7, 11) is -2.64. The highest BCUT2D eigenvalue weighted by Gasteiger charge is 2.38. The zero-order valence-corrected chi connectivity index (χ0v) is 21.7. The van der Waals surface area contributed by atoms with Crippen LogP contribution in [0.3, 0.4) is 0 Å². The third kappa shape index (κ3) is 4.11. The zero-order chi connectivity index (χ0) is 20.9. The molecule has 2 fully saturated rings. The maximum Gasteiger partial charge on any atom is 0.0806 e. The Kier molecular flexibility index (Phi) is 5.55. The lowest BCUT2D eigenvalue weighted by Crippen LogP contribution is -2.45. The molecule has 4 aliphatic carbocycles. The van der Waals surface area contributed by atoms with Crippen molar-refractivity contribution < 1.29 is 0 Å². The van der Waals surface area contributed by atoms with Gasteiger partial charge in [-0.15, -0.1) is 0 Å². The number of rotatable bonds is 8. The summed E-state index contributed by atoms with van der Waals surface area (Å²) in [5, 5.41) is 3.38. The average Bonchev–Trinajstić information content (AvgIpc) is 3.52. The van der Waals surface area contributed by atoms with E-state index in [1.165, 1.54) is 50.6 Å². The minimum atomic E-state index is -1.32. The highest BCUT2D eigenvalue weighted by atomic mass is 28.3. The van der Waals surface area contributed by atoms with Crippen molar-refractivity contribution in [2.45, 2.75) is 76.8 Å². The Hall–Kier alpha value is -0.866. The summed E-state index contributed by atoms with van der Waals surface area (Å²) in [6, 6.07) is 13.1. The molecule has 0 N–H and O–H groups in total. The van der Waals surface area contributed by atoms with Gasteiger partial charge in [0.25, 0.3) is 0 Å². The molecule has 0 nitrogen and oxygen atoms in total. The lowest BCUT2D eigenvalue weighted by Gasteiger charge is -2.29. The van der Waals surface area contributed by atoms with Gasteiger partial charge in [0, 0.05) is 0 Å². The smallest absolute Gasteiger partial charge is 0.0806 e. The quantitative estimate of drug-likeness (QED) is 0.314. The molecule has 162 valence electrons. The largest absolute Gasteiger partial charge is 0.0851 e. The fourth-order valence-corrected chi connectivity index (χ4v) is 12.1. The molecule has 1 aromatic rings. The van der Waals surface area contributed by atoms with Gasteiger partial charge >= 0.3 is 0 Å². The fourth-order valence-electron chi connectivity index (χ4n) is 7.21. The first-order valence-corrected chi connectivity index (χ1v) is 19.2. The first-order chi connectivity index (χ1) is 14.3. The van der Waals surface area contributed by atoms with Gasteiger partial charge in [0.1, 0.15) is 0 Å². The maximum absolute atomic E-state index is 2.61. The van der Waals surface area contributed by atoms with Crippen molar-refractivity contribution in [3.63, 3.8) is 0 Å². The monoisotopic (exact) mass is 434 g/mol. The predicted octanol–water partition coefficient (Wildman–Crippen LogP) is 6.72. The van der Waals surface area contributed by atoms with Crippen LogP contribution in [0.25, 0.3) is 0 Å². The summed E-state index contributed by atoms with van der Waals surface area (Å²) in [6.45, 7) is 10.4. The van der Waals surface area contributed by atoms with Crippen molar-refractivity contribution in [2.24, 2.45) is 35.5 Å². The molecule has 0 amide bonds. The number of fused-ring (bicyclic) bond motifs is 4. The molecular weight excluding hydrogens is 392 g/mol. The molecule has 0 saturated heterocycles. The molecule has 5 rings (SSSR count). The summed E-state index contributed by atoms with van der Waals surface area (Å²) in [5.74, 6) is 5.65. The minimum Gasteiger partial charge on any atom is -0.0851 e. The van der Waals surface area contributed by atoms with Crippen LogP contribution >= 0.6 is 0 Å². The lowest BCUT2D eigenvalue weighted by molar-refractivity contribution is 0.432. The van der Waals surface area contributed by atoms with E-state index < -0.39 is 16.1 Å². The Morgan fingerprint density at radius 3 is 1.30 bits per heavy atom. The van der Waals surface area contributed by atoms with E-state index in [4.69, 9.17) is 0 Å². The molecule has 30 heavy (non-hydrogen) atoms. The summed E-state index contributed by atoms with van der Waals surface area (Å²) in [5.41, 5.74) is 0. The van der Waals surface area contributed by atoms with Crippen LogP contribution in [-0.4, -0.2) is 16.1 Å². The van der Waals surface area contributed by atoms with Crippen LogP contribution in [0, 0.1) is 35.5 Å². The second-order valence-electron chi connectivity index (χ2n) is 12.5. The molecule has 1 aromatic carbocycles. The van der Waals surface area contributed by atoms with E-state index in [1.54, 1.807) is 10.4 Å². The normalized spacial score (nSPS) is 34.4. The Balaban J connectivity index is 1.17. The van der Waals surface area contributed by atoms with Gasteiger partial charge in [-0.05, 0) is 61.2 Å². The molecular formula is C28H42Si2. The molecule has 2 saturated carbocycles.